The van der Waals surface area contributed by atoms with E-state index in [1.165, 1.54) is 4.31 Å². The molecule has 1 aromatic rings. The van der Waals surface area contributed by atoms with Crippen molar-refractivity contribution < 1.29 is 8.42 Å². The summed E-state index contributed by atoms with van der Waals surface area (Å²) in [5, 5.41) is 6.46. The minimum Gasteiger partial charge on any atom is -0.357 e. The maximum absolute atomic E-state index is 11.6. The highest BCUT2D eigenvalue weighted by atomic mass is 32.2. The summed E-state index contributed by atoms with van der Waals surface area (Å²) in [5.74, 6) is 0.900. The fraction of sp³-hybridized carbons (Fsp3) is 0.667. The molecule has 2 N–H and O–H groups in total. The van der Waals surface area contributed by atoms with E-state index in [1.54, 1.807) is 14.0 Å². The van der Waals surface area contributed by atoms with E-state index in [4.69, 9.17) is 0 Å². The number of aliphatic imine (C=N–C) groups is 1. The van der Waals surface area contributed by atoms with E-state index in [0.717, 1.165) is 25.6 Å². The largest absolute Gasteiger partial charge is 0.357 e. The van der Waals surface area contributed by atoms with Gasteiger partial charge in [0.05, 0.1) is 5.75 Å². The minimum atomic E-state index is -3.10. The molecule has 23 heavy (non-hydrogen) atoms. The Balaban J connectivity index is 2.33. The molecule has 0 amide bonds. The average Bonchev–Trinajstić information content (AvgIpc) is 3.04. The Kier molecular flexibility index (Phi) is 8.71. The monoisotopic (exact) mass is 343 g/mol. The number of guanidine groups is 1. The summed E-state index contributed by atoms with van der Waals surface area (Å²) in [7, 11) is -1.48. The molecule has 0 aliphatic rings. The second-order valence-electron chi connectivity index (χ2n) is 5.18. The molecule has 0 aliphatic heterocycles. The third-order valence-electron chi connectivity index (χ3n) is 3.41. The first-order valence-corrected chi connectivity index (χ1v) is 9.67. The third kappa shape index (κ3) is 7.51. The number of nitrogens with zero attached hydrogens (tertiary/aromatic N) is 3. The predicted octanol–water partition coefficient (Wildman–Crippen LogP) is 0.715. The first-order chi connectivity index (χ1) is 11.0. The fourth-order valence-electron chi connectivity index (χ4n) is 2.01. The lowest BCUT2D eigenvalue weighted by atomic mass is 10.4. The van der Waals surface area contributed by atoms with Gasteiger partial charge in [0.15, 0.2) is 5.96 Å². The van der Waals surface area contributed by atoms with E-state index in [2.05, 4.69) is 20.2 Å². The molecule has 0 radical (unpaired) electrons. The van der Waals surface area contributed by atoms with Gasteiger partial charge in [-0.15, -0.1) is 0 Å². The Morgan fingerprint density at radius 1 is 1.22 bits per heavy atom. The zero-order chi connectivity index (χ0) is 17.1. The van der Waals surface area contributed by atoms with Gasteiger partial charge in [0, 0.05) is 52.2 Å². The average molecular weight is 343 g/mol. The van der Waals surface area contributed by atoms with E-state index >= 15 is 0 Å². The highest BCUT2D eigenvalue weighted by Crippen LogP contribution is 1.99. The third-order valence-corrected chi connectivity index (χ3v) is 5.28. The van der Waals surface area contributed by atoms with Gasteiger partial charge < -0.3 is 15.2 Å². The smallest absolute Gasteiger partial charge is 0.213 e. The number of aromatic nitrogens is 1. The lowest BCUT2D eigenvalue weighted by Crippen LogP contribution is -2.39. The van der Waals surface area contributed by atoms with Crippen LogP contribution in [0.4, 0.5) is 0 Å². The maximum Gasteiger partial charge on any atom is 0.213 e. The van der Waals surface area contributed by atoms with Crippen LogP contribution >= 0.6 is 0 Å². The summed E-state index contributed by atoms with van der Waals surface area (Å²) < 4.78 is 26.8. The quantitative estimate of drug-likeness (QED) is 0.373. The molecule has 0 atom stereocenters. The Morgan fingerprint density at radius 3 is 2.52 bits per heavy atom. The minimum absolute atomic E-state index is 0.135. The normalized spacial score (nSPS) is 12.6. The summed E-state index contributed by atoms with van der Waals surface area (Å²) in [4.78, 5) is 4.48. The van der Waals surface area contributed by atoms with Gasteiger partial charge in [0.1, 0.15) is 0 Å². The highest BCUT2D eigenvalue weighted by molar-refractivity contribution is 7.89. The molecule has 1 rings (SSSR count). The summed E-state index contributed by atoms with van der Waals surface area (Å²) in [6, 6.07) is 4.00. The Hall–Kier alpha value is -1.54. The van der Waals surface area contributed by atoms with Crippen molar-refractivity contribution in [1.29, 1.82) is 0 Å². The first-order valence-electron chi connectivity index (χ1n) is 8.06. The number of hydrogen-bond donors (Lipinski definition) is 2. The summed E-state index contributed by atoms with van der Waals surface area (Å²) in [6.45, 7) is 7.19. The maximum atomic E-state index is 11.6. The molecule has 0 saturated carbocycles. The summed E-state index contributed by atoms with van der Waals surface area (Å²) in [6.07, 6.45) is 4.75. The van der Waals surface area contributed by atoms with Crippen LogP contribution in [0.25, 0.3) is 0 Å². The predicted molar refractivity (Wildman–Crippen MR) is 95.1 cm³/mol. The van der Waals surface area contributed by atoms with Crippen molar-refractivity contribution in [2.45, 2.75) is 26.8 Å². The van der Waals surface area contributed by atoms with Gasteiger partial charge in [-0.1, -0.05) is 0 Å². The van der Waals surface area contributed by atoms with E-state index < -0.39 is 10.0 Å². The molecule has 0 saturated heterocycles. The number of nitrogens with one attached hydrogen (secondary N) is 2. The van der Waals surface area contributed by atoms with Gasteiger partial charge in [-0.2, -0.15) is 0 Å². The lowest BCUT2D eigenvalue weighted by Gasteiger charge is -2.15. The Morgan fingerprint density at radius 2 is 1.91 bits per heavy atom. The SMILES string of the molecule is CCNC(=NCCCN(C)S(=O)(=O)CC)NCCn1cccc1. The molecule has 0 aromatic carbocycles. The molecule has 0 spiro atoms. The van der Waals surface area contributed by atoms with Gasteiger partial charge in [-0.3, -0.25) is 4.99 Å². The van der Waals surface area contributed by atoms with Crippen LogP contribution in [0.5, 0.6) is 0 Å². The fourth-order valence-corrected chi connectivity index (χ4v) is 2.86. The van der Waals surface area contributed by atoms with E-state index in [-0.39, 0.29) is 5.75 Å². The zero-order valence-electron chi connectivity index (χ0n) is 14.3. The van der Waals surface area contributed by atoms with Crippen molar-refractivity contribution in [3.8, 4) is 0 Å². The van der Waals surface area contributed by atoms with Crippen molar-refractivity contribution in [1.82, 2.24) is 19.5 Å². The second-order valence-corrected chi connectivity index (χ2v) is 7.55. The summed E-state index contributed by atoms with van der Waals surface area (Å²) in [5.41, 5.74) is 0. The Labute approximate surface area is 139 Å². The van der Waals surface area contributed by atoms with Gasteiger partial charge in [0.2, 0.25) is 10.0 Å². The molecule has 132 valence electrons. The molecule has 7 nitrogen and oxygen atoms in total. The van der Waals surface area contributed by atoms with Crippen molar-refractivity contribution in [3.05, 3.63) is 24.5 Å². The molecule has 8 heteroatoms. The van der Waals surface area contributed by atoms with Crippen LogP contribution in [0, 0.1) is 0 Å². The van der Waals surface area contributed by atoms with E-state index in [9.17, 15) is 8.42 Å². The van der Waals surface area contributed by atoms with E-state index in [1.807, 2.05) is 31.5 Å². The van der Waals surface area contributed by atoms with Crippen LogP contribution in [0.2, 0.25) is 0 Å². The van der Waals surface area contributed by atoms with Gasteiger partial charge in [0.25, 0.3) is 0 Å². The molecule has 0 fully saturated rings. The molecule has 0 aliphatic carbocycles. The first kappa shape index (κ1) is 19.5. The van der Waals surface area contributed by atoms with Crippen LogP contribution in [0.1, 0.15) is 20.3 Å². The number of rotatable bonds is 10. The molecule has 0 unspecified atom stereocenters. The topological polar surface area (TPSA) is 78.7 Å². The van der Waals surface area contributed by atoms with Crippen molar-refractivity contribution >= 4 is 16.0 Å². The van der Waals surface area contributed by atoms with Crippen LogP contribution < -0.4 is 10.6 Å². The highest BCUT2D eigenvalue weighted by Gasteiger charge is 2.13. The summed E-state index contributed by atoms with van der Waals surface area (Å²) >= 11 is 0. The number of hydrogen-bond acceptors (Lipinski definition) is 3. The van der Waals surface area contributed by atoms with Gasteiger partial charge in [-0.25, -0.2) is 12.7 Å². The van der Waals surface area contributed by atoms with Crippen molar-refractivity contribution in [2.24, 2.45) is 4.99 Å². The van der Waals surface area contributed by atoms with Crippen LogP contribution in [0.3, 0.4) is 0 Å². The molecular weight excluding hydrogens is 314 g/mol. The van der Waals surface area contributed by atoms with Gasteiger partial charge >= 0.3 is 0 Å². The standard InChI is InChI=1S/C15H29N5O2S/c1-4-16-15(18-10-14-20-12-6-7-13-20)17-9-8-11-19(3)23(21,22)5-2/h6-7,12-13H,4-5,8-11,14H2,1-3H3,(H2,16,17,18). The molecule has 0 bridgehead atoms. The zero-order valence-corrected chi connectivity index (χ0v) is 15.1. The van der Waals surface area contributed by atoms with Crippen LogP contribution in [0.15, 0.2) is 29.5 Å². The van der Waals surface area contributed by atoms with Crippen molar-refractivity contribution in [2.75, 3.05) is 39.0 Å². The van der Waals surface area contributed by atoms with Gasteiger partial charge in [-0.05, 0) is 32.4 Å². The van der Waals surface area contributed by atoms with Crippen molar-refractivity contribution in [3.63, 3.8) is 0 Å². The molecule has 1 aromatic heterocycles. The van der Waals surface area contributed by atoms with Crippen LogP contribution in [-0.4, -0.2) is 62.2 Å². The molecule has 1 heterocycles. The lowest BCUT2D eigenvalue weighted by molar-refractivity contribution is 0.464. The number of sulfonamides is 1. The Bertz CT molecular complexity index is 554. The molecular formula is C15H29N5O2S. The second kappa shape index (κ2) is 10.3. The van der Waals surface area contributed by atoms with E-state index in [0.29, 0.717) is 19.5 Å². The van der Waals surface area contributed by atoms with Crippen LogP contribution in [-0.2, 0) is 16.6 Å².